The van der Waals surface area contributed by atoms with E-state index in [0.29, 0.717) is 22.5 Å². The molecule has 0 radical (unpaired) electrons. The maximum atomic E-state index is 12.6. The third-order valence-electron chi connectivity index (χ3n) is 4.10. The van der Waals surface area contributed by atoms with E-state index in [2.05, 4.69) is 12.2 Å². The Morgan fingerprint density at radius 1 is 0.920 bits per heavy atom. The van der Waals surface area contributed by atoms with Crippen LogP contribution in [0.3, 0.4) is 0 Å². The molecule has 4 heteroatoms. The minimum absolute atomic E-state index is 0.114. The first-order chi connectivity index (χ1) is 12.2. The molecule has 0 saturated carbocycles. The summed E-state index contributed by atoms with van der Waals surface area (Å²) in [4.78, 5) is 25.9. The molecule has 0 aliphatic heterocycles. The average molecular weight is 349 g/mol. The summed E-state index contributed by atoms with van der Waals surface area (Å²) in [7, 11) is 0. The van der Waals surface area contributed by atoms with Crippen molar-refractivity contribution in [1.82, 2.24) is 5.32 Å². The van der Waals surface area contributed by atoms with Gasteiger partial charge in [0.25, 0.3) is 5.91 Å². The molecule has 126 valence electrons. The molecular formula is C21H19NO2S. The monoisotopic (exact) mass is 349 g/mol. The quantitative estimate of drug-likeness (QED) is 0.666. The first-order valence-corrected chi connectivity index (χ1v) is 9.05. The van der Waals surface area contributed by atoms with Gasteiger partial charge in [-0.1, -0.05) is 61.5 Å². The fourth-order valence-electron chi connectivity index (χ4n) is 2.66. The SMILES string of the molecule is C[C@H](CNC(=O)c1ccccc1C(=O)c1cccs1)c1ccccc1. The third-order valence-corrected chi connectivity index (χ3v) is 4.97. The Bertz CT molecular complexity index is 857. The smallest absolute Gasteiger partial charge is 0.252 e. The van der Waals surface area contributed by atoms with Crippen LogP contribution in [0.25, 0.3) is 0 Å². The summed E-state index contributed by atoms with van der Waals surface area (Å²) in [6.07, 6.45) is 0. The Morgan fingerprint density at radius 3 is 2.28 bits per heavy atom. The lowest BCUT2D eigenvalue weighted by molar-refractivity contribution is 0.0940. The molecule has 25 heavy (non-hydrogen) atoms. The number of carbonyl (C=O) groups excluding carboxylic acids is 2. The van der Waals surface area contributed by atoms with Crippen LogP contribution in [0.1, 0.15) is 44.0 Å². The van der Waals surface area contributed by atoms with E-state index in [9.17, 15) is 9.59 Å². The van der Waals surface area contributed by atoms with Crippen molar-refractivity contribution in [2.24, 2.45) is 0 Å². The molecule has 0 bridgehead atoms. The first-order valence-electron chi connectivity index (χ1n) is 8.17. The lowest BCUT2D eigenvalue weighted by Crippen LogP contribution is -2.29. The number of thiophene rings is 1. The second kappa shape index (κ2) is 7.90. The summed E-state index contributed by atoms with van der Waals surface area (Å²) in [6.45, 7) is 2.59. The number of ketones is 1. The maximum Gasteiger partial charge on any atom is 0.252 e. The molecule has 2 aromatic carbocycles. The molecule has 1 atom stereocenters. The molecule has 1 aromatic heterocycles. The first kappa shape index (κ1) is 17.1. The standard InChI is InChI=1S/C21H19NO2S/c1-15(16-8-3-2-4-9-16)14-22-21(24)18-11-6-5-10-17(18)20(23)19-12-7-13-25-19/h2-13,15H,14H2,1H3,(H,22,24)/t15-/m1/s1. The average Bonchev–Trinajstić information content (AvgIpc) is 3.20. The number of nitrogens with one attached hydrogen (secondary N) is 1. The van der Waals surface area contributed by atoms with Crippen LogP contribution in [0.15, 0.2) is 72.1 Å². The van der Waals surface area contributed by atoms with Gasteiger partial charge in [0.2, 0.25) is 5.78 Å². The highest BCUT2D eigenvalue weighted by atomic mass is 32.1. The van der Waals surface area contributed by atoms with Gasteiger partial charge in [-0.05, 0) is 29.0 Å². The number of amides is 1. The van der Waals surface area contributed by atoms with Crippen molar-refractivity contribution in [3.8, 4) is 0 Å². The van der Waals surface area contributed by atoms with Crippen molar-refractivity contribution < 1.29 is 9.59 Å². The van der Waals surface area contributed by atoms with Crippen LogP contribution in [0.4, 0.5) is 0 Å². The van der Waals surface area contributed by atoms with Crippen LogP contribution in [-0.2, 0) is 0 Å². The molecule has 0 unspecified atom stereocenters. The van der Waals surface area contributed by atoms with Gasteiger partial charge < -0.3 is 5.32 Å². The highest BCUT2D eigenvalue weighted by Gasteiger charge is 2.19. The molecule has 0 aliphatic rings. The molecule has 1 N–H and O–H groups in total. The van der Waals surface area contributed by atoms with E-state index >= 15 is 0 Å². The molecular weight excluding hydrogens is 330 g/mol. The van der Waals surface area contributed by atoms with Crippen molar-refractivity contribution >= 4 is 23.0 Å². The van der Waals surface area contributed by atoms with Crippen molar-refractivity contribution in [2.45, 2.75) is 12.8 Å². The van der Waals surface area contributed by atoms with Gasteiger partial charge in [0.05, 0.1) is 10.4 Å². The van der Waals surface area contributed by atoms with Crippen molar-refractivity contribution in [2.75, 3.05) is 6.54 Å². The summed E-state index contributed by atoms with van der Waals surface area (Å²) < 4.78 is 0. The molecule has 0 spiro atoms. The summed E-state index contributed by atoms with van der Waals surface area (Å²) in [5.74, 6) is -0.134. The summed E-state index contributed by atoms with van der Waals surface area (Å²) in [5, 5.41) is 4.81. The maximum absolute atomic E-state index is 12.6. The molecule has 3 aromatic rings. The number of rotatable bonds is 6. The van der Waals surface area contributed by atoms with Gasteiger partial charge >= 0.3 is 0 Å². The number of hydrogen-bond donors (Lipinski definition) is 1. The summed E-state index contributed by atoms with van der Waals surface area (Å²) >= 11 is 1.38. The molecule has 0 fully saturated rings. The van der Waals surface area contributed by atoms with E-state index in [4.69, 9.17) is 0 Å². The minimum Gasteiger partial charge on any atom is -0.351 e. The fourth-order valence-corrected chi connectivity index (χ4v) is 3.34. The van der Waals surface area contributed by atoms with Crippen LogP contribution in [0.5, 0.6) is 0 Å². The van der Waals surface area contributed by atoms with Crippen LogP contribution < -0.4 is 5.32 Å². The number of benzene rings is 2. The zero-order valence-corrected chi connectivity index (χ0v) is 14.8. The van der Waals surface area contributed by atoms with E-state index < -0.39 is 0 Å². The predicted molar refractivity (Wildman–Crippen MR) is 101 cm³/mol. The topological polar surface area (TPSA) is 46.2 Å². The minimum atomic E-state index is -0.219. The van der Waals surface area contributed by atoms with Crippen LogP contribution in [0.2, 0.25) is 0 Å². The van der Waals surface area contributed by atoms with E-state index in [-0.39, 0.29) is 17.6 Å². The van der Waals surface area contributed by atoms with Crippen molar-refractivity contribution in [3.05, 3.63) is 93.7 Å². The molecule has 0 aliphatic carbocycles. The van der Waals surface area contributed by atoms with Gasteiger partial charge in [0, 0.05) is 12.1 Å². The van der Waals surface area contributed by atoms with Gasteiger partial charge in [0.15, 0.2) is 0 Å². The Balaban J connectivity index is 1.73. The van der Waals surface area contributed by atoms with Gasteiger partial charge in [-0.15, -0.1) is 11.3 Å². The largest absolute Gasteiger partial charge is 0.351 e. The second-order valence-corrected chi connectivity index (χ2v) is 6.82. The van der Waals surface area contributed by atoms with E-state index in [1.807, 2.05) is 41.8 Å². The molecule has 0 saturated heterocycles. The molecule has 1 heterocycles. The van der Waals surface area contributed by atoms with Gasteiger partial charge in [-0.3, -0.25) is 9.59 Å². The third kappa shape index (κ3) is 4.03. The zero-order valence-electron chi connectivity index (χ0n) is 13.9. The molecule has 3 nitrogen and oxygen atoms in total. The van der Waals surface area contributed by atoms with Crippen molar-refractivity contribution in [3.63, 3.8) is 0 Å². The van der Waals surface area contributed by atoms with Crippen LogP contribution in [0, 0.1) is 0 Å². The van der Waals surface area contributed by atoms with Crippen LogP contribution in [-0.4, -0.2) is 18.2 Å². The van der Waals surface area contributed by atoms with Crippen LogP contribution >= 0.6 is 11.3 Å². The Morgan fingerprint density at radius 2 is 1.60 bits per heavy atom. The van der Waals surface area contributed by atoms with E-state index in [1.54, 1.807) is 30.3 Å². The highest BCUT2D eigenvalue weighted by Crippen LogP contribution is 2.19. The molecule has 1 amide bonds. The van der Waals surface area contributed by atoms with E-state index in [0.717, 1.165) is 0 Å². The Kier molecular flexibility index (Phi) is 5.41. The second-order valence-electron chi connectivity index (χ2n) is 5.87. The van der Waals surface area contributed by atoms with Crippen molar-refractivity contribution in [1.29, 1.82) is 0 Å². The Labute approximate surface area is 151 Å². The highest BCUT2D eigenvalue weighted by molar-refractivity contribution is 7.12. The number of carbonyl (C=O) groups is 2. The normalized spacial score (nSPS) is 11.7. The summed E-state index contributed by atoms with van der Waals surface area (Å²) in [6, 6.07) is 20.6. The fraction of sp³-hybridized carbons (Fsp3) is 0.143. The van der Waals surface area contributed by atoms with Gasteiger partial charge in [-0.2, -0.15) is 0 Å². The van der Waals surface area contributed by atoms with E-state index in [1.165, 1.54) is 16.9 Å². The van der Waals surface area contributed by atoms with Gasteiger partial charge in [-0.25, -0.2) is 0 Å². The zero-order chi connectivity index (χ0) is 17.6. The lowest BCUT2D eigenvalue weighted by atomic mass is 10.00. The van der Waals surface area contributed by atoms with Gasteiger partial charge in [0.1, 0.15) is 0 Å². The molecule has 3 rings (SSSR count). The predicted octanol–water partition coefficient (Wildman–Crippen LogP) is 4.51. The number of hydrogen-bond acceptors (Lipinski definition) is 3. The summed E-state index contributed by atoms with van der Waals surface area (Å²) in [5.41, 5.74) is 2.03. The lowest BCUT2D eigenvalue weighted by Gasteiger charge is -2.14. The Hall–Kier alpha value is -2.72.